The number of esters is 1. The Labute approximate surface area is 80.3 Å². The number of carbonyl (C=O) groups is 1. The van der Waals surface area contributed by atoms with Gasteiger partial charge in [-0.2, -0.15) is 0 Å². The van der Waals surface area contributed by atoms with Crippen molar-refractivity contribution in [2.45, 2.75) is 6.92 Å². The zero-order valence-electron chi connectivity index (χ0n) is 7.89. The van der Waals surface area contributed by atoms with Gasteiger partial charge in [-0.1, -0.05) is 0 Å². The van der Waals surface area contributed by atoms with Crippen molar-refractivity contribution in [2.75, 3.05) is 7.11 Å². The smallest absolute Gasteiger partial charge is 0.338 e. The Balaban J connectivity index is 2.67. The average Bonchev–Trinajstić information content (AvgIpc) is 2.66. The van der Waals surface area contributed by atoms with Crippen LogP contribution in [0.2, 0.25) is 0 Å². The summed E-state index contributed by atoms with van der Waals surface area (Å²) in [6.07, 6.45) is 3.32. The van der Waals surface area contributed by atoms with Crippen LogP contribution in [-0.4, -0.2) is 27.7 Å². The van der Waals surface area contributed by atoms with Gasteiger partial charge < -0.3 is 4.74 Å². The first kappa shape index (κ1) is 8.68. The Morgan fingerprint density at radius 2 is 2.36 bits per heavy atom. The van der Waals surface area contributed by atoms with Gasteiger partial charge in [0.2, 0.25) is 0 Å². The van der Waals surface area contributed by atoms with Crippen molar-refractivity contribution in [1.82, 2.24) is 14.6 Å². The lowest BCUT2D eigenvalue weighted by molar-refractivity contribution is 0.0600. The molecule has 5 heteroatoms. The van der Waals surface area contributed by atoms with E-state index < -0.39 is 0 Å². The summed E-state index contributed by atoms with van der Waals surface area (Å²) in [4.78, 5) is 11.3. The molecule has 0 atom stereocenters. The predicted octanol–water partition coefficient (Wildman–Crippen LogP) is 0.824. The minimum atomic E-state index is -0.354. The molecule has 0 aliphatic rings. The molecule has 2 rings (SSSR count). The van der Waals surface area contributed by atoms with Crippen LogP contribution in [0, 0.1) is 6.92 Å². The molecule has 5 nitrogen and oxygen atoms in total. The molecule has 2 aromatic heterocycles. The van der Waals surface area contributed by atoms with E-state index in [0.29, 0.717) is 11.2 Å². The standard InChI is InChI=1S/C9H9N3O2/c1-6-7(9(13)14-2)3-4-12-5-10-11-8(6)12/h3-5H,1-2H3. The van der Waals surface area contributed by atoms with Crippen molar-refractivity contribution in [3.05, 3.63) is 29.7 Å². The highest BCUT2D eigenvalue weighted by atomic mass is 16.5. The molecule has 72 valence electrons. The highest BCUT2D eigenvalue weighted by Gasteiger charge is 2.12. The summed E-state index contributed by atoms with van der Waals surface area (Å²) >= 11 is 0. The number of aromatic nitrogens is 3. The Morgan fingerprint density at radius 1 is 1.57 bits per heavy atom. The van der Waals surface area contributed by atoms with E-state index >= 15 is 0 Å². The number of pyridine rings is 1. The second-order valence-corrected chi connectivity index (χ2v) is 2.91. The number of ether oxygens (including phenoxy) is 1. The van der Waals surface area contributed by atoms with E-state index in [2.05, 4.69) is 14.9 Å². The molecule has 0 saturated heterocycles. The summed E-state index contributed by atoms with van der Waals surface area (Å²) in [5, 5.41) is 7.65. The fourth-order valence-corrected chi connectivity index (χ4v) is 1.35. The van der Waals surface area contributed by atoms with Crippen molar-refractivity contribution in [3.63, 3.8) is 0 Å². The van der Waals surface area contributed by atoms with Gasteiger partial charge >= 0.3 is 5.97 Å². The molecule has 14 heavy (non-hydrogen) atoms. The quantitative estimate of drug-likeness (QED) is 0.626. The Kier molecular flexibility index (Phi) is 1.92. The minimum Gasteiger partial charge on any atom is -0.465 e. The second kappa shape index (κ2) is 3.10. The van der Waals surface area contributed by atoms with Crippen molar-refractivity contribution >= 4 is 11.6 Å². The van der Waals surface area contributed by atoms with Gasteiger partial charge in [0.1, 0.15) is 6.33 Å². The van der Waals surface area contributed by atoms with Crippen molar-refractivity contribution in [1.29, 1.82) is 0 Å². The molecule has 0 spiro atoms. The van der Waals surface area contributed by atoms with Gasteiger partial charge in [-0.05, 0) is 13.0 Å². The summed E-state index contributed by atoms with van der Waals surface area (Å²) in [6.45, 7) is 1.82. The molecule has 0 unspecified atom stereocenters. The number of nitrogens with zero attached hydrogens (tertiary/aromatic N) is 3. The second-order valence-electron chi connectivity index (χ2n) is 2.91. The van der Waals surface area contributed by atoms with Crippen LogP contribution in [0.4, 0.5) is 0 Å². The number of methoxy groups -OCH3 is 1. The van der Waals surface area contributed by atoms with E-state index in [1.807, 2.05) is 6.92 Å². The van der Waals surface area contributed by atoms with Crippen LogP contribution >= 0.6 is 0 Å². The zero-order chi connectivity index (χ0) is 10.1. The van der Waals surface area contributed by atoms with E-state index in [0.717, 1.165) is 5.56 Å². The highest BCUT2D eigenvalue weighted by molar-refractivity contribution is 5.92. The SMILES string of the molecule is COC(=O)c1ccn2cnnc2c1C. The molecular formula is C9H9N3O2. The lowest BCUT2D eigenvalue weighted by Gasteiger charge is -2.03. The third-order valence-corrected chi connectivity index (χ3v) is 2.12. The van der Waals surface area contributed by atoms with Gasteiger partial charge in [-0.25, -0.2) is 4.79 Å². The molecule has 0 radical (unpaired) electrons. The van der Waals surface area contributed by atoms with Gasteiger partial charge in [0.15, 0.2) is 5.65 Å². The zero-order valence-corrected chi connectivity index (χ0v) is 7.89. The lowest BCUT2D eigenvalue weighted by atomic mass is 10.1. The van der Waals surface area contributed by atoms with Crippen molar-refractivity contribution in [2.24, 2.45) is 0 Å². The molecule has 0 aliphatic heterocycles. The molecule has 0 saturated carbocycles. The van der Waals surface area contributed by atoms with Crippen LogP contribution in [0.1, 0.15) is 15.9 Å². The van der Waals surface area contributed by atoms with Crippen LogP contribution < -0.4 is 0 Å². The fourth-order valence-electron chi connectivity index (χ4n) is 1.35. The average molecular weight is 191 g/mol. The molecule has 0 aromatic carbocycles. The van der Waals surface area contributed by atoms with E-state index in [9.17, 15) is 4.79 Å². The molecule has 0 amide bonds. The Bertz CT molecular complexity index is 490. The summed E-state index contributed by atoms with van der Waals surface area (Å²) in [5.74, 6) is -0.354. The highest BCUT2D eigenvalue weighted by Crippen LogP contribution is 2.13. The molecule has 0 fully saturated rings. The normalized spacial score (nSPS) is 10.4. The number of fused-ring (bicyclic) bond motifs is 1. The minimum absolute atomic E-state index is 0.354. The number of aryl methyl sites for hydroxylation is 1. The van der Waals surface area contributed by atoms with Crippen molar-refractivity contribution in [3.8, 4) is 0 Å². The Hall–Kier alpha value is -1.91. The predicted molar refractivity (Wildman–Crippen MR) is 49.1 cm³/mol. The number of rotatable bonds is 1. The van der Waals surface area contributed by atoms with Gasteiger partial charge in [-0.15, -0.1) is 10.2 Å². The summed E-state index contributed by atoms with van der Waals surface area (Å²) < 4.78 is 6.40. The molecule has 0 N–H and O–H groups in total. The monoisotopic (exact) mass is 191 g/mol. The van der Waals surface area contributed by atoms with Gasteiger partial charge in [-0.3, -0.25) is 4.40 Å². The Morgan fingerprint density at radius 3 is 3.07 bits per heavy atom. The van der Waals surface area contributed by atoms with Crippen LogP contribution in [0.25, 0.3) is 5.65 Å². The molecule has 2 aromatic rings. The largest absolute Gasteiger partial charge is 0.465 e. The van der Waals surface area contributed by atoms with Crippen LogP contribution in [-0.2, 0) is 4.74 Å². The summed E-state index contributed by atoms with van der Waals surface area (Å²) in [6, 6.07) is 1.69. The van der Waals surface area contributed by atoms with E-state index in [1.54, 1.807) is 23.0 Å². The summed E-state index contributed by atoms with van der Waals surface area (Å²) in [7, 11) is 1.36. The number of hydrogen-bond acceptors (Lipinski definition) is 4. The summed E-state index contributed by atoms with van der Waals surface area (Å²) in [5.41, 5.74) is 1.97. The fraction of sp³-hybridized carbons (Fsp3) is 0.222. The first-order valence-electron chi connectivity index (χ1n) is 4.11. The van der Waals surface area contributed by atoms with E-state index in [1.165, 1.54) is 7.11 Å². The van der Waals surface area contributed by atoms with Gasteiger partial charge in [0.05, 0.1) is 12.7 Å². The first-order chi connectivity index (χ1) is 6.74. The molecule has 0 bridgehead atoms. The molecular weight excluding hydrogens is 182 g/mol. The maximum Gasteiger partial charge on any atom is 0.338 e. The third kappa shape index (κ3) is 1.14. The topological polar surface area (TPSA) is 56.5 Å². The van der Waals surface area contributed by atoms with Crippen LogP contribution in [0.5, 0.6) is 0 Å². The number of hydrogen-bond donors (Lipinski definition) is 0. The van der Waals surface area contributed by atoms with Gasteiger partial charge in [0.25, 0.3) is 0 Å². The van der Waals surface area contributed by atoms with Crippen molar-refractivity contribution < 1.29 is 9.53 Å². The molecule has 2 heterocycles. The lowest BCUT2D eigenvalue weighted by Crippen LogP contribution is -2.05. The number of carbonyl (C=O) groups excluding carboxylic acids is 1. The maximum atomic E-state index is 11.3. The van der Waals surface area contributed by atoms with E-state index in [4.69, 9.17) is 0 Å². The van der Waals surface area contributed by atoms with Crippen LogP contribution in [0.15, 0.2) is 18.6 Å². The first-order valence-corrected chi connectivity index (χ1v) is 4.11. The van der Waals surface area contributed by atoms with E-state index in [-0.39, 0.29) is 5.97 Å². The van der Waals surface area contributed by atoms with Gasteiger partial charge in [0, 0.05) is 11.8 Å². The molecule has 0 aliphatic carbocycles. The maximum absolute atomic E-state index is 11.3. The third-order valence-electron chi connectivity index (χ3n) is 2.12. The van der Waals surface area contributed by atoms with Crippen LogP contribution in [0.3, 0.4) is 0 Å².